The number of piperazine rings is 1. The van der Waals surface area contributed by atoms with Crippen LogP contribution in [0.5, 0.6) is 5.75 Å². The Morgan fingerprint density at radius 2 is 1.84 bits per heavy atom. The van der Waals surface area contributed by atoms with Gasteiger partial charge in [-0.1, -0.05) is 18.2 Å². The van der Waals surface area contributed by atoms with Gasteiger partial charge in [0.2, 0.25) is 5.91 Å². The quantitative estimate of drug-likeness (QED) is 0.774. The molecular weight excluding hydrogens is 244 g/mol. The van der Waals surface area contributed by atoms with Crippen LogP contribution in [0.4, 0.5) is 4.79 Å². The molecule has 0 spiro atoms. The smallest absolute Gasteiger partial charge is 0.410 e. The SMILES string of the molecule is CN1CCN(C(=O)Oc2ccccc2)C(C)(C)C1=O. The number of hydrogen-bond acceptors (Lipinski definition) is 3. The van der Waals surface area contributed by atoms with Crippen molar-refractivity contribution in [3.8, 4) is 5.75 Å². The van der Waals surface area contributed by atoms with E-state index in [0.717, 1.165) is 0 Å². The standard InChI is InChI=1S/C14H18N2O3/c1-14(2)12(17)15(3)9-10-16(14)13(18)19-11-7-5-4-6-8-11/h4-8H,9-10H2,1-3H3. The van der Waals surface area contributed by atoms with E-state index in [-0.39, 0.29) is 5.91 Å². The number of carbonyl (C=O) groups excluding carboxylic acids is 2. The zero-order chi connectivity index (χ0) is 14.0. The van der Waals surface area contributed by atoms with Crippen LogP contribution in [0.3, 0.4) is 0 Å². The summed E-state index contributed by atoms with van der Waals surface area (Å²) in [5.41, 5.74) is -0.876. The van der Waals surface area contributed by atoms with Gasteiger partial charge in [-0.2, -0.15) is 0 Å². The fourth-order valence-corrected chi connectivity index (χ4v) is 2.18. The number of benzene rings is 1. The molecule has 1 aliphatic heterocycles. The number of para-hydroxylation sites is 1. The van der Waals surface area contributed by atoms with Crippen molar-refractivity contribution in [2.75, 3.05) is 20.1 Å². The summed E-state index contributed by atoms with van der Waals surface area (Å²) < 4.78 is 5.29. The van der Waals surface area contributed by atoms with Crippen LogP contribution in [0.2, 0.25) is 0 Å². The van der Waals surface area contributed by atoms with Crippen molar-refractivity contribution in [1.29, 1.82) is 0 Å². The highest BCUT2D eigenvalue weighted by Crippen LogP contribution is 2.23. The van der Waals surface area contributed by atoms with Crippen molar-refractivity contribution >= 4 is 12.0 Å². The van der Waals surface area contributed by atoms with Crippen LogP contribution in [0.25, 0.3) is 0 Å². The van der Waals surface area contributed by atoms with Crippen LogP contribution in [-0.2, 0) is 4.79 Å². The predicted molar refractivity (Wildman–Crippen MR) is 70.9 cm³/mol. The van der Waals surface area contributed by atoms with Crippen LogP contribution >= 0.6 is 0 Å². The molecule has 5 nitrogen and oxygen atoms in total. The number of rotatable bonds is 1. The zero-order valence-electron chi connectivity index (χ0n) is 11.4. The summed E-state index contributed by atoms with van der Waals surface area (Å²) >= 11 is 0. The Balaban J connectivity index is 2.13. The van der Waals surface area contributed by atoms with Gasteiger partial charge in [0, 0.05) is 20.1 Å². The number of ether oxygens (including phenoxy) is 1. The lowest BCUT2D eigenvalue weighted by molar-refractivity contribution is -0.145. The number of nitrogens with zero attached hydrogens (tertiary/aromatic N) is 2. The molecule has 102 valence electrons. The first-order valence-corrected chi connectivity index (χ1v) is 6.23. The minimum atomic E-state index is -0.876. The first kappa shape index (κ1) is 13.4. The van der Waals surface area contributed by atoms with E-state index in [1.807, 2.05) is 6.07 Å². The summed E-state index contributed by atoms with van der Waals surface area (Å²) in [4.78, 5) is 27.4. The van der Waals surface area contributed by atoms with Gasteiger partial charge in [-0.3, -0.25) is 9.69 Å². The maximum absolute atomic E-state index is 12.2. The maximum Gasteiger partial charge on any atom is 0.416 e. The molecular formula is C14H18N2O3. The highest BCUT2D eigenvalue weighted by Gasteiger charge is 2.43. The molecule has 1 aliphatic rings. The van der Waals surface area contributed by atoms with Gasteiger partial charge in [-0.15, -0.1) is 0 Å². The fraction of sp³-hybridized carbons (Fsp3) is 0.429. The van der Waals surface area contributed by atoms with E-state index in [9.17, 15) is 9.59 Å². The molecule has 0 radical (unpaired) electrons. The van der Waals surface area contributed by atoms with Gasteiger partial charge in [0.25, 0.3) is 0 Å². The molecule has 0 unspecified atom stereocenters. The second-order valence-corrected chi connectivity index (χ2v) is 5.12. The predicted octanol–water partition coefficient (Wildman–Crippen LogP) is 1.74. The second-order valence-electron chi connectivity index (χ2n) is 5.12. The van der Waals surface area contributed by atoms with Crippen molar-refractivity contribution in [3.63, 3.8) is 0 Å². The average molecular weight is 262 g/mol. The molecule has 0 N–H and O–H groups in total. The Morgan fingerprint density at radius 1 is 1.21 bits per heavy atom. The summed E-state index contributed by atoms with van der Waals surface area (Å²) in [7, 11) is 1.74. The largest absolute Gasteiger partial charge is 0.416 e. The van der Waals surface area contributed by atoms with E-state index in [1.165, 1.54) is 4.90 Å². The van der Waals surface area contributed by atoms with Gasteiger partial charge in [0.1, 0.15) is 11.3 Å². The fourth-order valence-electron chi connectivity index (χ4n) is 2.18. The molecule has 2 amide bonds. The highest BCUT2D eigenvalue weighted by molar-refractivity contribution is 5.90. The van der Waals surface area contributed by atoms with Crippen molar-refractivity contribution in [1.82, 2.24) is 9.80 Å². The van der Waals surface area contributed by atoms with E-state index >= 15 is 0 Å². The minimum absolute atomic E-state index is 0.0799. The Morgan fingerprint density at radius 3 is 2.47 bits per heavy atom. The molecule has 2 rings (SSSR count). The van der Waals surface area contributed by atoms with Crippen molar-refractivity contribution in [2.45, 2.75) is 19.4 Å². The molecule has 0 aliphatic carbocycles. The molecule has 0 saturated carbocycles. The molecule has 1 aromatic carbocycles. The molecule has 0 aromatic heterocycles. The van der Waals surface area contributed by atoms with Crippen molar-refractivity contribution < 1.29 is 14.3 Å². The number of hydrogen-bond donors (Lipinski definition) is 0. The van der Waals surface area contributed by atoms with E-state index in [2.05, 4.69) is 0 Å². The Kier molecular flexibility index (Phi) is 3.46. The number of amides is 2. The summed E-state index contributed by atoms with van der Waals surface area (Å²) in [5, 5.41) is 0. The third-order valence-corrected chi connectivity index (χ3v) is 3.37. The van der Waals surface area contributed by atoms with Crippen LogP contribution in [0, 0.1) is 0 Å². The maximum atomic E-state index is 12.2. The van der Waals surface area contributed by atoms with Gasteiger partial charge in [-0.25, -0.2) is 4.79 Å². The van der Waals surface area contributed by atoms with Gasteiger partial charge in [-0.05, 0) is 26.0 Å². The normalized spacial score (nSPS) is 18.4. The average Bonchev–Trinajstić information content (AvgIpc) is 2.37. The summed E-state index contributed by atoms with van der Waals surface area (Å²) in [5.74, 6) is 0.401. The minimum Gasteiger partial charge on any atom is -0.410 e. The Hall–Kier alpha value is -2.04. The van der Waals surface area contributed by atoms with E-state index in [0.29, 0.717) is 18.8 Å². The third kappa shape index (κ3) is 2.54. The van der Waals surface area contributed by atoms with Crippen LogP contribution in [0.15, 0.2) is 30.3 Å². The van der Waals surface area contributed by atoms with E-state index < -0.39 is 11.6 Å². The van der Waals surface area contributed by atoms with Gasteiger partial charge < -0.3 is 9.64 Å². The number of carbonyl (C=O) groups is 2. The summed E-state index contributed by atoms with van der Waals surface area (Å²) in [6, 6.07) is 8.86. The molecule has 1 aromatic rings. The Bertz CT molecular complexity index is 485. The first-order valence-electron chi connectivity index (χ1n) is 6.23. The lowest BCUT2D eigenvalue weighted by Gasteiger charge is -2.43. The van der Waals surface area contributed by atoms with E-state index in [4.69, 9.17) is 4.74 Å². The molecule has 1 saturated heterocycles. The van der Waals surface area contributed by atoms with Gasteiger partial charge in [0.05, 0.1) is 0 Å². The topological polar surface area (TPSA) is 49.9 Å². The second kappa shape index (κ2) is 4.91. The molecule has 19 heavy (non-hydrogen) atoms. The zero-order valence-corrected chi connectivity index (χ0v) is 11.4. The summed E-state index contributed by atoms with van der Waals surface area (Å²) in [6.45, 7) is 4.46. The highest BCUT2D eigenvalue weighted by atomic mass is 16.6. The van der Waals surface area contributed by atoms with Gasteiger partial charge in [0.15, 0.2) is 0 Å². The van der Waals surface area contributed by atoms with Crippen molar-refractivity contribution in [3.05, 3.63) is 30.3 Å². The monoisotopic (exact) mass is 262 g/mol. The molecule has 5 heteroatoms. The van der Waals surface area contributed by atoms with Crippen LogP contribution in [0.1, 0.15) is 13.8 Å². The third-order valence-electron chi connectivity index (χ3n) is 3.37. The van der Waals surface area contributed by atoms with E-state index in [1.54, 1.807) is 50.1 Å². The molecule has 0 atom stereocenters. The lowest BCUT2D eigenvalue weighted by atomic mass is 9.98. The van der Waals surface area contributed by atoms with Crippen LogP contribution < -0.4 is 4.74 Å². The number of likely N-dealkylation sites (N-methyl/N-ethyl adjacent to an activating group) is 1. The first-order chi connectivity index (χ1) is 8.93. The van der Waals surface area contributed by atoms with Crippen LogP contribution in [-0.4, -0.2) is 47.5 Å². The Labute approximate surface area is 112 Å². The van der Waals surface area contributed by atoms with Gasteiger partial charge >= 0.3 is 6.09 Å². The molecule has 1 heterocycles. The van der Waals surface area contributed by atoms with Crippen molar-refractivity contribution in [2.24, 2.45) is 0 Å². The molecule has 1 fully saturated rings. The summed E-state index contributed by atoms with van der Waals surface area (Å²) in [6.07, 6.45) is -0.488. The lowest BCUT2D eigenvalue weighted by Crippen LogP contribution is -2.64. The molecule has 0 bridgehead atoms.